The van der Waals surface area contributed by atoms with Gasteiger partial charge in [-0.3, -0.25) is 9.10 Å². The molecule has 7 nitrogen and oxygen atoms in total. The second-order valence-corrected chi connectivity index (χ2v) is 7.56. The van der Waals surface area contributed by atoms with Crippen molar-refractivity contribution in [1.29, 1.82) is 0 Å². The lowest BCUT2D eigenvalue weighted by Crippen LogP contribution is -2.30. The summed E-state index contributed by atoms with van der Waals surface area (Å²) in [7, 11) is 1.88. The molecule has 2 rings (SSSR count). The van der Waals surface area contributed by atoms with Crippen LogP contribution in [0.3, 0.4) is 0 Å². The third-order valence-electron chi connectivity index (χ3n) is 3.99. The quantitative estimate of drug-likeness (QED) is 0.833. The van der Waals surface area contributed by atoms with Crippen LogP contribution in [0.4, 0.5) is 5.69 Å². The summed E-state index contributed by atoms with van der Waals surface area (Å²) >= 11 is 0. The van der Waals surface area contributed by atoms with Crippen LogP contribution >= 0.6 is 0 Å². The number of benzene rings is 2. The first-order valence-electron chi connectivity index (χ1n) is 7.80. The Balaban J connectivity index is 2.64. The average molecular weight is 378 g/mol. The van der Waals surface area contributed by atoms with Crippen LogP contribution in [0, 0.1) is 6.92 Å². The van der Waals surface area contributed by atoms with Crippen molar-refractivity contribution < 1.29 is 22.7 Å². The zero-order valence-corrected chi connectivity index (χ0v) is 16.2. The molecule has 0 saturated carbocycles. The van der Waals surface area contributed by atoms with Gasteiger partial charge in [0.2, 0.25) is 0 Å². The molecule has 0 atom stereocenters. The van der Waals surface area contributed by atoms with Gasteiger partial charge in [0.05, 0.1) is 30.4 Å². The van der Waals surface area contributed by atoms with Gasteiger partial charge in [-0.15, -0.1) is 0 Å². The summed E-state index contributed by atoms with van der Waals surface area (Å²) in [5, 5.41) is 2.51. The number of nitrogens with zero attached hydrogens (tertiary/aromatic N) is 1. The molecule has 0 saturated heterocycles. The number of anilines is 1. The van der Waals surface area contributed by atoms with E-state index in [-0.39, 0.29) is 16.1 Å². The molecule has 0 aliphatic rings. The van der Waals surface area contributed by atoms with Crippen LogP contribution in [-0.4, -0.2) is 42.6 Å². The van der Waals surface area contributed by atoms with Gasteiger partial charge in [-0.2, -0.15) is 0 Å². The molecule has 0 fully saturated rings. The number of methoxy groups -OCH3 is 2. The van der Waals surface area contributed by atoms with E-state index in [4.69, 9.17) is 9.47 Å². The summed E-state index contributed by atoms with van der Waals surface area (Å²) in [6.45, 7) is 1.87. The molecule has 0 aliphatic heterocycles. The smallest absolute Gasteiger partial charge is 0.264 e. The number of carbonyl (C=O) groups excluding carboxylic acids is 1. The monoisotopic (exact) mass is 378 g/mol. The van der Waals surface area contributed by atoms with Crippen LogP contribution in [0.5, 0.6) is 11.5 Å². The number of sulfonamides is 1. The van der Waals surface area contributed by atoms with Gasteiger partial charge in [0.1, 0.15) is 0 Å². The highest BCUT2D eigenvalue weighted by Gasteiger charge is 2.27. The highest BCUT2D eigenvalue weighted by Crippen LogP contribution is 2.36. The standard InChI is InChI=1S/C18H22N2O5S/c1-12-6-8-13(9-7-12)26(22,23)20(3)15-11-17(25-5)16(24-4)10-14(15)18(21)19-2/h6-11H,1-5H3,(H,19,21). The lowest BCUT2D eigenvalue weighted by Gasteiger charge is -2.23. The molecule has 1 amide bonds. The molecule has 0 heterocycles. The fourth-order valence-corrected chi connectivity index (χ4v) is 3.65. The zero-order chi connectivity index (χ0) is 19.5. The highest BCUT2D eigenvalue weighted by atomic mass is 32.2. The van der Waals surface area contributed by atoms with Gasteiger partial charge in [-0.25, -0.2) is 8.42 Å². The highest BCUT2D eigenvalue weighted by molar-refractivity contribution is 7.92. The Labute approximate surface area is 153 Å². The molecule has 0 spiro atoms. The van der Waals surface area contributed by atoms with Crippen LogP contribution in [0.15, 0.2) is 41.3 Å². The van der Waals surface area contributed by atoms with Gasteiger partial charge < -0.3 is 14.8 Å². The Morgan fingerprint density at radius 2 is 1.58 bits per heavy atom. The Kier molecular flexibility index (Phi) is 5.76. The first-order chi connectivity index (χ1) is 12.3. The topological polar surface area (TPSA) is 84.9 Å². The molecule has 0 bridgehead atoms. The normalized spacial score (nSPS) is 11.0. The SMILES string of the molecule is CNC(=O)c1cc(OC)c(OC)cc1N(C)S(=O)(=O)c1ccc(C)cc1. The van der Waals surface area contributed by atoms with E-state index in [1.54, 1.807) is 12.1 Å². The van der Waals surface area contributed by atoms with Gasteiger partial charge in [0, 0.05) is 20.2 Å². The van der Waals surface area contributed by atoms with E-state index in [1.165, 1.54) is 52.6 Å². The summed E-state index contributed by atoms with van der Waals surface area (Å²) in [4.78, 5) is 12.4. The van der Waals surface area contributed by atoms with Gasteiger partial charge in [0.25, 0.3) is 15.9 Å². The molecular weight excluding hydrogens is 356 g/mol. The number of hydrogen-bond acceptors (Lipinski definition) is 5. The van der Waals surface area contributed by atoms with Crippen molar-refractivity contribution in [2.75, 3.05) is 32.6 Å². The van der Waals surface area contributed by atoms with E-state index >= 15 is 0 Å². The third-order valence-corrected chi connectivity index (χ3v) is 5.78. The summed E-state index contributed by atoms with van der Waals surface area (Å²) in [6.07, 6.45) is 0. The minimum Gasteiger partial charge on any atom is -0.493 e. The molecule has 1 N–H and O–H groups in total. The second kappa shape index (κ2) is 7.65. The Hall–Kier alpha value is -2.74. The number of hydrogen-bond donors (Lipinski definition) is 1. The first kappa shape index (κ1) is 19.6. The molecule has 26 heavy (non-hydrogen) atoms. The van der Waals surface area contributed by atoms with E-state index < -0.39 is 15.9 Å². The van der Waals surface area contributed by atoms with Crippen LogP contribution in [-0.2, 0) is 10.0 Å². The van der Waals surface area contributed by atoms with Crippen LogP contribution < -0.4 is 19.1 Å². The molecular formula is C18H22N2O5S. The summed E-state index contributed by atoms with van der Waals surface area (Å²) in [6, 6.07) is 9.41. The number of nitrogens with one attached hydrogen (secondary N) is 1. The van der Waals surface area contributed by atoms with Crippen molar-refractivity contribution in [1.82, 2.24) is 5.32 Å². The molecule has 0 aliphatic carbocycles. The van der Waals surface area contributed by atoms with Crippen molar-refractivity contribution in [3.63, 3.8) is 0 Å². The minimum absolute atomic E-state index is 0.128. The average Bonchev–Trinajstić information content (AvgIpc) is 2.65. The van der Waals surface area contributed by atoms with Gasteiger partial charge in [-0.05, 0) is 25.1 Å². The third kappa shape index (κ3) is 3.60. The Bertz CT molecular complexity index is 908. The maximum absolute atomic E-state index is 13.0. The largest absolute Gasteiger partial charge is 0.493 e. The maximum atomic E-state index is 13.0. The van der Waals surface area contributed by atoms with E-state index in [0.29, 0.717) is 11.5 Å². The zero-order valence-electron chi connectivity index (χ0n) is 15.4. The van der Waals surface area contributed by atoms with Crippen molar-refractivity contribution >= 4 is 21.6 Å². The van der Waals surface area contributed by atoms with Crippen LogP contribution in [0.2, 0.25) is 0 Å². The molecule has 0 unspecified atom stereocenters. The molecule has 140 valence electrons. The summed E-state index contributed by atoms with van der Waals surface area (Å²) < 4.78 is 37.5. The number of rotatable bonds is 6. The van der Waals surface area contributed by atoms with Crippen molar-refractivity contribution in [2.24, 2.45) is 0 Å². The van der Waals surface area contributed by atoms with Gasteiger partial charge >= 0.3 is 0 Å². The molecule has 2 aromatic rings. The maximum Gasteiger partial charge on any atom is 0.264 e. The van der Waals surface area contributed by atoms with Gasteiger partial charge in [-0.1, -0.05) is 17.7 Å². The molecule has 0 radical (unpaired) electrons. The summed E-state index contributed by atoms with van der Waals surface area (Å²) in [5.74, 6) is 0.212. The minimum atomic E-state index is -3.86. The fraction of sp³-hybridized carbons (Fsp3) is 0.278. The Morgan fingerprint density at radius 1 is 1.04 bits per heavy atom. The van der Waals surface area contributed by atoms with Crippen molar-refractivity contribution in [3.8, 4) is 11.5 Å². The van der Waals surface area contributed by atoms with E-state index in [1.807, 2.05) is 6.92 Å². The predicted octanol–water partition coefficient (Wildman–Crippen LogP) is 2.20. The fourth-order valence-electron chi connectivity index (χ4n) is 2.44. The Morgan fingerprint density at radius 3 is 2.08 bits per heavy atom. The lowest BCUT2D eigenvalue weighted by atomic mass is 10.1. The van der Waals surface area contributed by atoms with E-state index in [9.17, 15) is 13.2 Å². The first-order valence-corrected chi connectivity index (χ1v) is 9.24. The summed E-state index contributed by atoms with van der Waals surface area (Å²) in [5.41, 5.74) is 1.29. The van der Waals surface area contributed by atoms with E-state index in [0.717, 1.165) is 9.87 Å². The predicted molar refractivity (Wildman–Crippen MR) is 99.7 cm³/mol. The number of ether oxygens (including phenoxy) is 2. The number of amides is 1. The second-order valence-electron chi connectivity index (χ2n) is 5.59. The van der Waals surface area contributed by atoms with Crippen molar-refractivity contribution in [2.45, 2.75) is 11.8 Å². The van der Waals surface area contributed by atoms with Crippen LogP contribution in [0.1, 0.15) is 15.9 Å². The van der Waals surface area contributed by atoms with Gasteiger partial charge in [0.15, 0.2) is 11.5 Å². The van der Waals surface area contributed by atoms with E-state index in [2.05, 4.69) is 5.32 Å². The lowest BCUT2D eigenvalue weighted by molar-refractivity contribution is 0.0963. The molecule has 8 heteroatoms. The molecule has 0 aromatic heterocycles. The van der Waals surface area contributed by atoms with Crippen LogP contribution in [0.25, 0.3) is 0 Å². The number of aryl methyl sites for hydroxylation is 1. The van der Waals surface area contributed by atoms with Crippen molar-refractivity contribution in [3.05, 3.63) is 47.5 Å². The number of carbonyl (C=O) groups is 1. The molecule has 2 aromatic carbocycles.